The maximum absolute atomic E-state index is 13.0. The number of nitrogens with zero attached hydrogens (tertiary/aromatic N) is 3. The van der Waals surface area contributed by atoms with Crippen LogP contribution in [0.1, 0.15) is 41.1 Å². The maximum Gasteiger partial charge on any atom is 0.261 e. The van der Waals surface area contributed by atoms with Gasteiger partial charge < -0.3 is 20.1 Å². The molecule has 2 fully saturated rings. The number of amides is 2. The molecule has 0 bridgehead atoms. The van der Waals surface area contributed by atoms with Crippen LogP contribution in [0.3, 0.4) is 0 Å². The van der Waals surface area contributed by atoms with E-state index in [0.29, 0.717) is 31.1 Å². The van der Waals surface area contributed by atoms with Crippen molar-refractivity contribution in [2.24, 2.45) is 5.92 Å². The molecule has 0 aromatic carbocycles. The van der Waals surface area contributed by atoms with E-state index < -0.39 is 0 Å². The zero-order chi connectivity index (χ0) is 21.8. The molecule has 1 atom stereocenters. The molecule has 8 nitrogen and oxygen atoms in total. The molecule has 168 valence electrons. The van der Waals surface area contributed by atoms with Gasteiger partial charge in [-0.2, -0.15) is 0 Å². The second-order valence-electron chi connectivity index (χ2n) is 8.34. The van der Waals surface area contributed by atoms with Gasteiger partial charge in [-0.05, 0) is 37.9 Å². The molecule has 9 heteroatoms. The van der Waals surface area contributed by atoms with Gasteiger partial charge in [-0.15, -0.1) is 11.3 Å². The first-order valence-corrected chi connectivity index (χ1v) is 11.8. The van der Waals surface area contributed by atoms with E-state index >= 15 is 0 Å². The first kappa shape index (κ1) is 22.1. The Bertz CT molecular complexity index is 925. The quantitative estimate of drug-likeness (QED) is 0.701. The number of likely N-dealkylation sites (tertiary alicyclic amines) is 1. The number of pyridine rings is 1. The summed E-state index contributed by atoms with van der Waals surface area (Å²) in [5, 5.41) is 12.7. The number of aromatic nitrogens is 1. The van der Waals surface area contributed by atoms with Gasteiger partial charge in [-0.3, -0.25) is 14.5 Å². The number of aliphatic hydroxyl groups is 1. The van der Waals surface area contributed by atoms with Gasteiger partial charge >= 0.3 is 0 Å². The lowest BCUT2D eigenvalue weighted by Gasteiger charge is -2.36. The third kappa shape index (κ3) is 5.06. The number of ether oxygens (including phenoxy) is 1. The van der Waals surface area contributed by atoms with Crippen LogP contribution in [0, 0.1) is 5.92 Å². The lowest BCUT2D eigenvalue weighted by Crippen LogP contribution is -2.48. The molecule has 4 heterocycles. The van der Waals surface area contributed by atoms with Gasteiger partial charge in [0, 0.05) is 30.2 Å². The highest BCUT2D eigenvalue weighted by atomic mass is 32.1. The van der Waals surface area contributed by atoms with Gasteiger partial charge in [0.25, 0.3) is 5.91 Å². The second kappa shape index (κ2) is 10.0. The SMILES string of the molecule is CC1CCN(CC(=O)N2CCOC(c3c(C(=O)NCCO)sc4ncccc34)C2)CC1. The number of rotatable bonds is 6. The standard InChI is InChI=1S/C22H30N4O4S/c1-15-4-8-25(9-5-15)14-18(28)26-10-12-30-17(13-26)19-16-3-2-6-24-22(16)31-20(19)21(29)23-7-11-27/h2-3,6,15,17,27H,4-5,7-14H2,1H3,(H,23,29). The minimum atomic E-state index is -0.382. The van der Waals surface area contributed by atoms with Crippen LogP contribution in [0.2, 0.25) is 0 Å². The topological polar surface area (TPSA) is 95.0 Å². The Labute approximate surface area is 186 Å². The zero-order valence-corrected chi connectivity index (χ0v) is 18.7. The van der Waals surface area contributed by atoms with Crippen molar-refractivity contribution >= 4 is 33.4 Å². The summed E-state index contributed by atoms with van der Waals surface area (Å²) < 4.78 is 6.05. The molecule has 2 aliphatic heterocycles. The average Bonchev–Trinajstić information content (AvgIpc) is 3.19. The van der Waals surface area contributed by atoms with E-state index in [1.807, 2.05) is 17.0 Å². The molecule has 2 N–H and O–H groups in total. The minimum Gasteiger partial charge on any atom is -0.395 e. The summed E-state index contributed by atoms with van der Waals surface area (Å²) in [6.07, 6.45) is 3.60. The van der Waals surface area contributed by atoms with Crippen LogP contribution in [0.25, 0.3) is 10.2 Å². The highest BCUT2D eigenvalue weighted by Crippen LogP contribution is 2.37. The first-order valence-electron chi connectivity index (χ1n) is 10.9. The molecule has 0 spiro atoms. The van der Waals surface area contributed by atoms with Crippen LogP contribution in [-0.4, -0.2) is 84.2 Å². The molecule has 2 aromatic rings. The molecule has 2 aliphatic rings. The van der Waals surface area contributed by atoms with Crippen molar-refractivity contribution < 1.29 is 19.4 Å². The van der Waals surface area contributed by atoms with E-state index in [-0.39, 0.29) is 31.1 Å². The number of piperidine rings is 1. The smallest absolute Gasteiger partial charge is 0.261 e. The Morgan fingerprint density at radius 3 is 2.90 bits per heavy atom. The Morgan fingerprint density at radius 2 is 2.13 bits per heavy atom. The summed E-state index contributed by atoms with van der Waals surface area (Å²) in [6, 6.07) is 3.78. The highest BCUT2D eigenvalue weighted by molar-refractivity contribution is 7.20. The number of morpholine rings is 1. The third-order valence-electron chi connectivity index (χ3n) is 6.08. The fraction of sp³-hybridized carbons (Fsp3) is 0.591. The fourth-order valence-corrected chi connectivity index (χ4v) is 5.36. The van der Waals surface area contributed by atoms with E-state index in [0.717, 1.165) is 47.6 Å². The van der Waals surface area contributed by atoms with Crippen LogP contribution in [0.4, 0.5) is 0 Å². The summed E-state index contributed by atoms with van der Waals surface area (Å²) in [4.78, 5) is 35.6. The second-order valence-corrected chi connectivity index (χ2v) is 9.34. The zero-order valence-electron chi connectivity index (χ0n) is 17.9. The highest BCUT2D eigenvalue weighted by Gasteiger charge is 2.32. The number of thiophene rings is 1. The third-order valence-corrected chi connectivity index (χ3v) is 7.21. The summed E-state index contributed by atoms with van der Waals surface area (Å²) in [5.41, 5.74) is 0.785. The van der Waals surface area contributed by atoms with Crippen molar-refractivity contribution in [1.82, 2.24) is 20.1 Å². The van der Waals surface area contributed by atoms with Crippen LogP contribution in [0.15, 0.2) is 18.3 Å². The average molecular weight is 447 g/mol. The number of aliphatic hydroxyl groups excluding tert-OH is 1. The van der Waals surface area contributed by atoms with Gasteiger partial charge in [0.05, 0.1) is 26.3 Å². The molecule has 31 heavy (non-hydrogen) atoms. The number of carbonyl (C=O) groups excluding carboxylic acids is 2. The van der Waals surface area contributed by atoms with Gasteiger partial charge in [0.15, 0.2) is 0 Å². The van der Waals surface area contributed by atoms with Crippen LogP contribution < -0.4 is 5.32 Å². The van der Waals surface area contributed by atoms with Crippen molar-refractivity contribution in [2.75, 3.05) is 52.5 Å². The van der Waals surface area contributed by atoms with E-state index in [9.17, 15) is 9.59 Å². The van der Waals surface area contributed by atoms with Crippen LogP contribution in [0.5, 0.6) is 0 Å². The lowest BCUT2D eigenvalue weighted by atomic mass is 9.99. The predicted molar refractivity (Wildman–Crippen MR) is 119 cm³/mol. The van der Waals surface area contributed by atoms with Crippen molar-refractivity contribution in [2.45, 2.75) is 25.9 Å². The largest absolute Gasteiger partial charge is 0.395 e. The monoisotopic (exact) mass is 446 g/mol. The Balaban J connectivity index is 1.52. The maximum atomic E-state index is 13.0. The lowest BCUT2D eigenvalue weighted by molar-refractivity contribution is -0.140. The van der Waals surface area contributed by atoms with Gasteiger partial charge in [-0.1, -0.05) is 13.0 Å². The molecule has 2 amide bonds. The first-order chi connectivity index (χ1) is 15.1. The van der Waals surface area contributed by atoms with Crippen molar-refractivity contribution in [3.05, 3.63) is 28.8 Å². The van der Waals surface area contributed by atoms with E-state index in [2.05, 4.69) is 22.1 Å². The number of carbonyl (C=O) groups is 2. The number of nitrogens with one attached hydrogen (secondary N) is 1. The molecular formula is C22H30N4O4S. The van der Waals surface area contributed by atoms with E-state index in [1.54, 1.807) is 6.20 Å². The minimum absolute atomic E-state index is 0.117. The normalized spacial score (nSPS) is 20.8. The summed E-state index contributed by atoms with van der Waals surface area (Å²) in [6.45, 7) is 6.12. The van der Waals surface area contributed by atoms with Gasteiger partial charge in [0.2, 0.25) is 5.91 Å². The Morgan fingerprint density at radius 1 is 1.32 bits per heavy atom. The number of fused-ring (bicyclic) bond motifs is 1. The molecule has 0 aliphatic carbocycles. The number of hydrogen-bond acceptors (Lipinski definition) is 7. The van der Waals surface area contributed by atoms with Crippen LogP contribution >= 0.6 is 11.3 Å². The van der Waals surface area contributed by atoms with Crippen molar-refractivity contribution in [1.29, 1.82) is 0 Å². The summed E-state index contributed by atoms with van der Waals surface area (Å²) >= 11 is 1.32. The molecular weight excluding hydrogens is 416 g/mol. The molecule has 2 saturated heterocycles. The van der Waals surface area contributed by atoms with E-state index in [4.69, 9.17) is 9.84 Å². The van der Waals surface area contributed by atoms with Crippen LogP contribution in [-0.2, 0) is 9.53 Å². The molecule has 2 aromatic heterocycles. The Hall–Kier alpha value is -2.07. The van der Waals surface area contributed by atoms with Gasteiger partial charge in [0.1, 0.15) is 15.8 Å². The van der Waals surface area contributed by atoms with E-state index in [1.165, 1.54) is 11.3 Å². The van der Waals surface area contributed by atoms with Crippen molar-refractivity contribution in [3.63, 3.8) is 0 Å². The molecule has 1 unspecified atom stereocenters. The number of hydrogen-bond donors (Lipinski definition) is 2. The Kier molecular flexibility index (Phi) is 7.16. The fourth-order valence-electron chi connectivity index (χ4n) is 4.25. The van der Waals surface area contributed by atoms with Gasteiger partial charge in [-0.25, -0.2) is 4.98 Å². The molecule has 0 radical (unpaired) electrons. The molecule has 4 rings (SSSR count). The predicted octanol–water partition coefficient (Wildman–Crippen LogP) is 1.65. The summed E-state index contributed by atoms with van der Waals surface area (Å²) in [7, 11) is 0. The van der Waals surface area contributed by atoms with Crippen molar-refractivity contribution in [3.8, 4) is 0 Å². The molecule has 0 saturated carbocycles. The summed E-state index contributed by atoms with van der Waals surface area (Å²) in [5.74, 6) is 0.600.